The summed E-state index contributed by atoms with van der Waals surface area (Å²) in [6.07, 6.45) is 2.83. The molecule has 112 valence electrons. The molecule has 1 aliphatic rings. The lowest BCUT2D eigenvalue weighted by molar-refractivity contribution is -0.138. The van der Waals surface area contributed by atoms with Gasteiger partial charge in [-0.2, -0.15) is 5.10 Å². The average molecular weight is 294 g/mol. The fraction of sp³-hybridized carbons (Fsp3) is 0.333. The molecule has 1 fully saturated rings. The summed E-state index contributed by atoms with van der Waals surface area (Å²) in [5.74, 6) is -0.701. The van der Waals surface area contributed by atoms with Crippen LogP contribution in [0.1, 0.15) is 12.7 Å². The zero-order chi connectivity index (χ0) is 15.4. The molecule has 2 heterocycles. The molecule has 1 saturated heterocycles. The van der Waals surface area contributed by atoms with Gasteiger partial charge in [-0.15, -0.1) is 0 Å². The number of rotatable bonds is 4. The van der Waals surface area contributed by atoms with E-state index in [4.69, 9.17) is 9.52 Å². The Balaban J connectivity index is 1.95. The molecule has 1 aliphatic heterocycles. The first-order chi connectivity index (χ1) is 9.99. The highest BCUT2D eigenvalue weighted by Crippen LogP contribution is 2.10. The molecule has 4 amide bonds. The molecule has 9 heteroatoms. The number of urea groups is 2. The van der Waals surface area contributed by atoms with Crippen molar-refractivity contribution in [2.45, 2.75) is 13.0 Å². The molecule has 21 heavy (non-hydrogen) atoms. The van der Waals surface area contributed by atoms with Crippen molar-refractivity contribution in [2.24, 2.45) is 5.10 Å². The Labute approximate surface area is 119 Å². The van der Waals surface area contributed by atoms with Gasteiger partial charge in [0.25, 0.3) is 0 Å². The van der Waals surface area contributed by atoms with Crippen molar-refractivity contribution in [3.05, 3.63) is 24.2 Å². The van der Waals surface area contributed by atoms with Crippen LogP contribution in [0.3, 0.4) is 0 Å². The van der Waals surface area contributed by atoms with Crippen molar-refractivity contribution >= 4 is 24.2 Å². The quantitative estimate of drug-likeness (QED) is 0.786. The zero-order valence-corrected chi connectivity index (χ0v) is 11.2. The number of nitrogens with zero attached hydrogens (tertiary/aromatic N) is 3. The van der Waals surface area contributed by atoms with E-state index in [0.717, 1.165) is 9.91 Å². The minimum Gasteiger partial charge on any atom is -0.480 e. The highest BCUT2D eigenvalue weighted by molar-refractivity contribution is 5.96. The standard InChI is InChI=1S/C12H14N4O5/c1-8(10(17)18)14-11(19)15-4-5-16(12(15)20)13-7-9-3-2-6-21-9/h2-3,6-8H,4-5H2,1H3,(H,14,19)(H,17,18)/b13-7+/t8-/m1/s1. The molecule has 9 nitrogen and oxygen atoms in total. The number of carboxylic acids is 1. The van der Waals surface area contributed by atoms with Crippen molar-refractivity contribution in [3.63, 3.8) is 0 Å². The van der Waals surface area contributed by atoms with Crippen LogP contribution in [0.5, 0.6) is 0 Å². The highest BCUT2D eigenvalue weighted by Gasteiger charge is 2.34. The van der Waals surface area contributed by atoms with Crippen molar-refractivity contribution in [1.82, 2.24) is 15.2 Å². The van der Waals surface area contributed by atoms with E-state index >= 15 is 0 Å². The summed E-state index contributed by atoms with van der Waals surface area (Å²) >= 11 is 0. The molecule has 0 bridgehead atoms. The van der Waals surface area contributed by atoms with Gasteiger partial charge in [0.15, 0.2) is 0 Å². The van der Waals surface area contributed by atoms with Gasteiger partial charge in [0, 0.05) is 0 Å². The van der Waals surface area contributed by atoms with E-state index < -0.39 is 24.1 Å². The summed E-state index contributed by atoms with van der Waals surface area (Å²) in [5.41, 5.74) is 0. The number of carboxylic acid groups (broad SMARTS) is 1. The lowest BCUT2D eigenvalue weighted by Gasteiger charge is -2.16. The Kier molecular flexibility index (Phi) is 4.21. The molecule has 2 N–H and O–H groups in total. The van der Waals surface area contributed by atoms with Crippen molar-refractivity contribution in [2.75, 3.05) is 13.1 Å². The number of amides is 4. The predicted octanol–water partition coefficient (Wildman–Crippen LogP) is 0.534. The average Bonchev–Trinajstić information content (AvgIpc) is 3.05. The van der Waals surface area contributed by atoms with Gasteiger partial charge in [-0.3, -0.25) is 4.79 Å². The monoisotopic (exact) mass is 294 g/mol. The molecule has 0 aromatic carbocycles. The van der Waals surface area contributed by atoms with Crippen LogP contribution in [-0.4, -0.2) is 58.4 Å². The second-order valence-electron chi connectivity index (χ2n) is 4.33. The van der Waals surface area contributed by atoms with Crippen LogP contribution in [0.25, 0.3) is 0 Å². The third-order valence-electron chi connectivity index (χ3n) is 2.81. The number of carbonyl (C=O) groups is 3. The fourth-order valence-electron chi connectivity index (χ4n) is 1.64. The Morgan fingerprint density at radius 3 is 2.90 bits per heavy atom. The van der Waals surface area contributed by atoms with Gasteiger partial charge in [-0.25, -0.2) is 19.5 Å². The second kappa shape index (κ2) is 6.07. The number of hydrazone groups is 1. The van der Waals surface area contributed by atoms with Crippen LogP contribution in [0, 0.1) is 0 Å². The van der Waals surface area contributed by atoms with E-state index in [2.05, 4.69) is 10.4 Å². The maximum absolute atomic E-state index is 12.0. The topological polar surface area (TPSA) is 115 Å². The van der Waals surface area contributed by atoms with Crippen LogP contribution in [0.15, 0.2) is 27.9 Å². The number of hydrogen-bond acceptors (Lipinski definition) is 5. The molecule has 0 spiro atoms. The summed E-state index contributed by atoms with van der Waals surface area (Å²) in [6, 6.07) is 0.896. The normalized spacial score (nSPS) is 16.5. The molecule has 0 saturated carbocycles. The van der Waals surface area contributed by atoms with Gasteiger partial charge in [0.1, 0.15) is 11.8 Å². The van der Waals surface area contributed by atoms with Crippen LogP contribution >= 0.6 is 0 Å². The summed E-state index contributed by atoms with van der Waals surface area (Å²) in [5, 5.41) is 16.0. The van der Waals surface area contributed by atoms with Crippen molar-refractivity contribution in [3.8, 4) is 0 Å². The summed E-state index contributed by atoms with van der Waals surface area (Å²) in [6.45, 7) is 1.67. The minimum atomic E-state index is -1.18. The van der Waals surface area contributed by atoms with Crippen LogP contribution in [-0.2, 0) is 4.79 Å². The van der Waals surface area contributed by atoms with Gasteiger partial charge < -0.3 is 14.8 Å². The van der Waals surface area contributed by atoms with E-state index in [1.165, 1.54) is 19.4 Å². The third-order valence-corrected chi connectivity index (χ3v) is 2.81. The Hall–Kier alpha value is -2.84. The molecule has 1 atom stereocenters. The lowest BCUT2D eigenvalue weighted by atomic mass is 10.3. The first-order valence-corrected chi connectivity index (χ1v) is 6.19. The van der Waals surface area contributed by atoms with E-state index in [0.29, 0.717) is 5.76 Å². The lowest BCUT2D eigenvalue weighted by Crippen LogP contribution is -2.47. The zero-order valence-electron chi connectivity index (χ0n) is 11.2. The molecular weight excluding hydrogens is 280 g/mol. The fourth-order valence-corrected chi connectivity index (χ4v) is 1.64. The molecule has 1 aromatic rings. The number of nitrogens with one attached hydrogen (secondary N) is 1. The van der Waals surface area contributed by atoms with Gasteiger partial charge in [-0.1, -0.05) is 0 Å². The van der Waals surface area contributed by atoms with Crippen molar-refractivity contribution in [1.29, 1.82) is 0 Å². The second-order valence-corrected chi connectivity index (χ2v) is 4.33. The third kappa shape index (κ3) is 3.38. The van der Waals surface area contributed by atoms with Crippen LogP contribution in [0.2, 0.25) is 0 Å². The molecule has 0 radical (unpaired) electrons. The molecular formula is C12H14N4O5. The smallest absolute Gasteiger partial charge is 0.348 e. The predicted molar refractivity (Wildman–Crippen MR) is 70.7 cm³/mol. The van der Waals surface area contributed by atoms with E-state index in [1.807, 2.05) is 0 Å². The number of furan rings is 1. The number of imide groups is 1. The molecule has 2 rings (SSSR count). The van der Waals surface area contributed by atoms with Gasteiger partial charge >= 0.3 is 18.0 Å². The molecule has 1 aromatic heterocycles. The maximum Gasteiger partial charge on any atom is 0.348 e. The van der Waals surface area contributed by atoms with Gasteiger partial charge in [-0.05, 0) is 19.1 Å². The summed E-state index contributed by atoms with van der Waals surface area (Å²) in [7, 11) is 0. The van der Waals surface area contributed by atoms with Crippen LogP contribution in [0.4, 0.5) is 9.59 Å². The van der Waals surface area contributed by atoms with Crippen LogP contribution < -0.4 is 5.32 Å². The van der Waals surface area contributed by atoms with Crippen molar-refractivity contribution < 1.29 is 23.9 Å². The molecule has 0 aliphatic carbocycles. The van der Waals surface area contributed by atoms with E-state index in [9.17, 15) is 14.4 Å². The number of aliphatic carboxylic acids is 1. The maximum atomic E-state index is 12.0. The first-order valence-electron chi connectivity index (χ1n) is 6.19. The Morgan fingerprint density at radius 2 is 2.29 bits per heavy atom. The van der Waals surface area contributed by atoms with E-state index in [-0.39, 0.29) is 13.1 Å². The summed E-state index contributed by atoms with van der Waals surface area (Å²) in [4.78, 5) is 35.3. The Bertz CT molecular complexity index is 568. The van der Waals surface area contributed by atoms with Gasteiger partial charge in [0.2, 0.25) is 0 Å². The highest BCUT2D eigenvalue weighted by atomic mass is 16.4. The number of carbonyl (C=O) groups excluding carboxylic acids is 2. The number of hydrogen-bond donors (Lipinski definition) is 2. The van der Waals surface area contributed by atoms with Gasteiger partial charge in [0.05, 0.1) is 25.6 Å². The SMILES string of the molecule is C[C@@H](NC(=O)N1CCN(/N=C/c2ccco2)C1=O)C(=O)O. The first kappa shape index (κ1) is 14.6. The largest absolute Gasteiger partial charge is 0.480 e. The summed E-state index contributed by atoms with van der Waals surface area (Å²) < 4.78 is 5.04. The minimum absolute atomic E-state index is 0.131. The van der Waals surface area contributed by atoms with E-state index in [1.54, 1.807) is 12.1 Å². The molecule has 0 unspecified atom stereocenters. The Morgan fingerprint density at radius 1 is 1.52 bits per heavy atom.